The first-order valence-corrected chi connectivity index (χ1v) is 18.0. The quantitative estimate of drug-likeness (QED) is 0.190. The van der Waals surface area contributed by atoms with Gasteiger partial charge in [0.25, 0.3) is 11.1 Å². The smallest absolute Gasteiger partial charge is 0.407 e. The molecule has 0 spiro atoms. The third-order valence-corrected chi connectivity index (χ3v) is 10.3. The summed E-state index contributed by atoms with van der Waals surface area (Å²) < 4.78 is 3.88. The molecule has 2 saturated heterocycles. The highest BCUT2D eigenvalue weighted by Gasteiger charge is 2.42. The van der Waals surface area contributed by atoms with Crippen LogP contribution in [0.4, 0.5) is 10.5 Å². The monoisotopic (exact) mass is 756 g/mol. The van der Waals surface area contributed by atoms with Crippen molar-refractivity contribution in [1.29, 1.82) is 0 Å². The predicted octanol–water partition coefficient (Wildman–Crippen LogP) is 7.31. The van der Waals surface area contributed by atoms with Gasteiger partial charge >= 0.3 is 6.09 Å². The number of amides is 1. The number of carbonyl (C=O) groups is 1. The van der Waals surface area contributed by atoms with E-state index in [1.807, 2.05) is 67.6 Å². The highest BCUT2D eigenvalue weighted by Crippen LogP contribution is 2.36. The number of likely N-dealkylation sites (tertiary alicyclic amines) is 1. The lowest BCUT2D eigenvalue weighted by molar-refractivity contribution is 0.153. The molecule has 10 nitrogen and oxygen atoms in total. The molecule has 2 atom stereocenters. The Balaban J connectivity index is 0.000000170. The van der Waals surface area contributed by atoms with E-state index in [9.17, 15) is 19.5 Å². The van der Waals surface area contributed by atoms with Crippen LogP contribution in [-0.2, 0) is 6.42 Å². The summed E-state index contributed by atoms with van der Waals surface area (Å²) in [6.07, 6.45) is 4.18. The molecule has 11 heteroatoms. The van der Waals surface area contributed by atoms with E-state index >= 15 is 0 Å². The highest BCUT2D eigenvalue weighted by molar-refractivity contribution is 9.10. The first kappa shape index (κ1) is 34.6. The van der Waals surface area contributed by atoms with Crippen molar-refractivity contribution in [3.8, 4) is 33.6 Å². The fourth-order valence-electron chi connectivity index (χ4n) is 6.97. The van der Waals surface area contributed by atoms with Gasteiger partial charge in [0.05, 0.1) is 17.4 Å². The fraction of sp³-hybridized carbons (Fsp3) is 0.195. The summed E-state index contributed by atoms with van der Waals surface area (Å²) in [6.45, 7) is 4.16. The first-order valence-electron chi connectivity index (χ1n) is 17.2. The molecule has 2 aromatic heterocycles. The van der Waals surface area contributed by atoms with Crippen LogP contribution in [0.5, 0.6) is 0 Å². The molecular weight excluding hydrogens is 720 g/mol. The third-order valence-electron chi connectivity index (χ3n) is 9.77. The molecule has 262 valence electrons. The van der Waals surface area contributed by atoms with Crippen LogP contribution in [0.3, 0.4) is 0 Å². The Labute approximate surface area is 309 Å². The minimum absolute atomic E-state index is 0.0543. The average molecular weight is 758 g/mol. The Morgan fingerprint density at radius 1 is 0.712 bits per heavy atom. The van der Waals surface area contributed by atoms with Gasteiger partial charge in [0.15, 0.2) is 0 Å². The van der Waals surface area contributed by atoms with Crippen molar-refractivity contribution < 1.29 is 9.90 Å². The van der Waals surface area contributed by atoms with Crippen LogP contribution < -0.4 is 16.0 Å². The van der Waals surface area contributed by atoms with Gasteiger partial charge < -0.3 is 14.9 Å². The van der Waals surface area contributed by atoms with E-state index in [-0.39, 0.29) is 17.2 Å². The van der Waals surface area contributed by atoms with Crippen molar-refractivity contribution in [2.75, 3.05) is 24.5 Å². The zero-order chi connectivity index (χ0) is 36.2. The van der Waals surface area contributed by atoms with Crippen molar-refractivity contribution >= 4 is 27.7 Å². The molecule has 1 N–H and O–H groups in total. The van der Waals surface area contributed by atoms with E-state index in [4.69, 9.17) is 0 Å². The molecule has 8 rings (SSSR count). The van der Waals surface area contributed by atoms with Gasteiger partial charge in [0.2, 0.25) is 0 Å². The van der Waals surface area contributed by atoms with Crippen LogP contribution >= 0.6 is 15.9 Å². The maximum atomic E-state index is 12.3. The number of nitrogens with zero attached hydrogens (tertiary/aromatic N) is 6. The molecule has 2 aliphatic rings. The van der Waals surface area contributed by atoms with Gasteiger partial charge in [0, 0.05) is 59.7 Å². The van der Waals surface area contributed by atoms with E-state index in [1.54, 1.807) is 24.5 Å². The minimum atomic E-state index is -0.823. The largest absolute Gasteiger partial charge is 0.465 e. The molecule has 2 aliphatic heterocycles. The lowest BCUT2D eigenvalue weighted by atomic mass is 10.0. The van der Waals surface area contributed by atoms with E-state index in [1.165, 1.54) is 20.3 Å². The van der Waals surface area contributed by atoms with Crippen molar-refractivity contribution in [3.63, 3.8) is 0 Å². The lowest BCUT2D eigenvalue weighted by Gasteiger charge is -2.26. The molecule has 4 aromatic carbocycles. The number of anilines is 1. The van der Waals surface area contributed by atoms with Gasteiger partial charge in [0.1, 0.15) is 0 Å². The molecule has 4 heterocycles. The Morgan fingerprint density at radius 2 is 1.25 bits per heavy atom. The maximum Gasteiger partial charge on any atom is 0.407 e. The second-order valence-electron chi connectivity index (χ2n) is 12.8. The van der Waals surface area contributed by atoms with Crippen molar-refractivity contribution in [1.82, 2.24) is 24.5 Å². The number of carboxylic acid groups (broad SMARTS) is 1. The van der Waals surface area contributed by atoms with Crippen LogP contribution in [-0.4, -0.2) is 61.3 Å². The number of aryl methyl sites for hydroxylation is 1. The van der Waals surface area contributed by atoms with Crippen molar-refractivity contribution in [3.05, 3.63) is 158 Å². The molecule has 6 aromatic rings. The number of hydrogen-bond donors (Lipinski definition) is 1. The molecular formula is C41H37BrN6O4. The van der Waals surface area contributed by atoms with Crippen LogP contribution in [0.1, 0.15) is 18.9 Å². The van der Waals surface area contributed by atoms with Gasteiger partial charge in [-0.3, -0.25) is 9.59 Å². The van der Waals surface area contributed by atoms with E-state index in [0.29, 0.717) is 25.4 Å². The van der Waals surface area contributed by atoms with Crippen LogP contribution in [0.25, 0.3) is 33.6 Å². The zero-order valence-corrected chi connectivity index (χ0v) is 30.1. The average Bonchev–Trinajstić information content (AvgIpc) is 3.78. The molecule has 0 unspecified atom stereocenters. The second-order valence-corrected chi connectivity index (χ2v) is 13.8. The molecule has 52 heavy (non-hydrogen) atoms. The highest BCUT2D eigenvalue weighted by atomic mass is 79.9. The van der Waals surface area contributed by atoms with E-state index in [0.717, 1.165) is 62.3 Å². The summed E-state index contributed by atoms with van der Waals surface area (Å²) in [6, 6.07) is 37.3. The molecule has 1 amide bonds. The summed E-state index contributed by atoms with van der Waals surface area (Å²) in [5, 5.41) is 17.6. The number of fused-ring (bicyclic) bond motifs is 1. The Bertz CT molecular complexity index is 2290. The van der Waals surface area contributed by atoms with Gasteiger partial charge in [-0.15, -0.1) is 0 Å². The maximum absolute atomic E-state index is 12.3. The minimum Gasteiger partial charge on any atom is -0.465 e. The Kier molecular flexibility index (Phi) is 10.1. The van der Waals surface area contributed by atoms with Crippen LogP contribution in [0.15, 0.2) is 142 Å². The van der Waals surface area contributed by atoms with Crippen LogP contribution in [0, 0.1) is 5.92 Å². The standard InChI is InChI=1S/C23H22N4O3.C18H15BrN2O/c28-22-2-1-12-24-27(22)20-9-5-17(6-10-20)16-3-7-19(8-4-16)26-13-11-18-14-25(23(29)30)15-21(18)26;1-2-13-11-12-20-21(18(13)22)17-9-5-15(6-10-17)14-3-7-16(19)8-4-14/h1-10,12,18,21H,11,13-15H2,(H,29,30);3-12H,2H2,1H3/t18-,21+;/m1./s1. The number of halogens is 1. The predicted molar refractivity (Wildman–Crippen MR) is 206 cm³/mol. The zero-order valence-electron chi connectivity index (χ0n) is 28.5. The topological polar surface area (TPSA) is 114 Å². The summed E-state index contributed by atoms with van der Waals surface area (Å²) >= 11 is 3.44. The van der Waals surface area contributed by atoms with Crippen LogP contribution in [0.2, 0.25) is 0 Å². The molecule has 2 fully saturated rings. The number of rotatable bonds is 6. The molecule has 0 bridgehead atoms. The number of hydrogen-bond acceptors (Lipinski definition) is 6. The summed E-state index contributed by atoms with van der Waals surface area (Å²) in [5.74, 6) is 0.420. The third kappa shape index (κ3) is 7.31. The summed E-state index contributed by atoms with van der Waals surface area (Å²) in [5.41, 5.74) is 7.60. The molecule has 0 saturated carbocycles. The number of aromatic nitrogens is 4. The Hall–Kier alpha value is -5.81. The van der Waals surface area contributed by atoms with Gasteiger partial charge in [-0.05, 0) is 95.8 Å². The van der Waals surface area contributed by atoms with E-state index < -0.39 is 6.09 Å². The van der Waals surface area contributed by atoms with Gasteiger partial charge in [-0.2, -0.15) is 19.6 Å². The first-order chi connectivity index (χ1) is 25.3. The van der Waals surface area contributed by atoms with Crippen molar-refractivity contribution in [2.45, 2.75) is 25.8 Å². The number of benzene rings is 4. The second kappa shape index (κ2) is 15.2. The lowest BCUT2D eigenvalue weighted by Crippen LogP contribution is -2.36. The molecule has 0 aliphatic carbocycles. The normalized spacial score (nSPS) is 16.3. The van der Waals surface area contributed by atoms with Gasteiger partial charge in [-0.1, -0.05) is 71.4 Å². The van der Waals surface area contributed by atoms with E-state index in [2.05, 4.69) is 67.4 Å². The SMILES string of the molecule is CCc1ccnn(-c2ccc(-c3ccc(Br)cc3)cc2)c1=O.O=C(O)N1C[C@H]2CCN(c3ccc(-c4ccc(-n5ncccc5=O)cc4)cc3)[C@H]2C1. The van der Waals surface area contributed by atoms with Gasteiger partial charge in [-0.25, -0.2) is 4.79 Å². The van der Waals surface area contributed by atoms with Crippen molar-refractivity contribution in [2.24, 2.45) is 5.92 Å². The fourth-order valence-corrected chi connectivity index (χ4v) is 7.24. The summed E-state index contributed by atoms with van der Waals surface area (Å²) in [4.78, 5) is 39.4. The molecule has 0 radical (unpaired) electrons. The Morgan fingerprint density at radius 3 is 1.81 bits per heavy atom. The summed E-state index contributed by atoms with van der Waals surface area (Å²) in [7, 11) is 0.